The first-order valence-electron chi connectivity index (χ1n) is 5.43. The average molecular weight is 270 g/mol. The lowest BCUT2D eigenvalue weighted by molar-refractivity contribution is 0.189. The first-order chi connectivity index (χ1) is 7.45. The van der Waals surface area contributed by atoms with Gasteiger partial charge in [0.2, 0.25) is 0 Å². The molecule has 0 atom stereocenters. The summed E-state index contributed by atoms with van der Waals surface area (Å²) in [7, 11) is -2.39. The second-order valence-corrected chi connectivity index (χ2v) is 9.19. The summed E-state index contributed by atoms with van der Waals surface area (Å²) < 4.78 is 32.9. The van der Waals surface area contributed by atoms with Crippen molar-refractivity contribution in [3.8, 4) is 0 Å². The van der Waals surface area contributed by atoms with Gasteiger partial charge in [-0.05, 0) is 20.4 Å². The van der Waals surface area contributed by atoms with Gasteiger partial charge in [0.15, 0.2) is 0 Å². The summed E-state index contributed by atoms with van der Waals surface area (Å²) in [5, 5.41) is 0. The molecule has 0 aliphatic heterocycles. The Morgan fingerprint density at radius 3 is 1.81 bits per heavy atom. The topological polar surface area (TPSA) is 54.0 Å². The fourth-order valence-corrected chi connectivity index (χ4v) is 6.22. The SMILES string of the molecule is CCO[Si](C)(CCP(=O)(OC)OC)OCC. The second kappa shape index (κ2) is 7.58. The Hall–Kier alpha value is 0.287. The predicted molar refractivity (Wildman–Crippen MR) is 66.2 cm³/mol. The molecule has 0 aromatic rings. The van der Waals surface area contributed by atoms with Crippen LogP contribution < -0.4 is 0 Å². The maximum absolute atomic E-state index is 11.9. The number of hydrogen-bond donors (Lipinski definition) is 0. The van der Waals surface area contributed by atoms with Gasteiger partial charge in [0.05, 0.1) is 6.16 Å². The van der Waals surface area contributed by atoms with Crippen molar-refractivity contribution in [1.82, 2.24) is 0 Å². The average Bonchev–Trinajstić information content (AvgIpc) is 2.27. The Labute approximate surface area is 99.2 Å². The quantitative estimate of drug-likeness (QED) is 0.476. The van der Waals surface area contributed by atoms with Crippen LogP contribution in [0.1, 0.15) is 13.8 Å². The molecule has 0 bridgehead atoms. The molecule has 98 valence electrons. The van der Waals surface area contributed by atoms with Gasteiger partial charge in [-0.2, -0.15) is 0 Å². The zero-order valence-electron chi connectivity index (χ0n) is 10.8. The third-order valence-electron chi connectivity index (χ3n) is 2.30. The van der Waals surface area contributed by atoms with Crippen molar-refractivity contribution in [2.75, 3.05) is 33.6 Å². The van der Waals surface area contributed by atoms with Gasteiger partial charge in [-0.25, -0.2) is 0 Å². The van der Waals surface area contributed by atoms with Crippen molar-refractivity contribution in [1.29, 1.82) is 0 Å². The lowest BCUT2D eigenvalue weighted by Gasteiger charge is -2.27. The summed E-state index contributed by atoms with van der Waals surface area (Å²) in [6.45, 7) is 7.03. The van der Waals surface area contributed by atoms with E-state index in [0.29, 0.717) is 25.4 Å². The first kappa shape index (κ1) is 16.3. The Balaban J connectivity index is 4.36. The molecule has 0 aromatic carbocycles. The van der Waals surface area contributed by atoms with Crippen LogP contribution in [0.4, 0.5) is 0 Å². The summed E-state index contributed by atoms with van der Waals surface area (Å²) in [6, 6.07) is 0.605. The maximum Gasteiger partial charge on any atom is 0.335 e. The van der Waals surface area contributed by atoms with E-state index in [1.54, 1.807) is 0 Å². The molecular weight excluding hydrogens is 247 g/mol. The van der Waals surface area contributed by atoms with Crippen LogP contribution in [0.25, 0.3) is 0 Å². The first-order valence-corrected chi connectivity index (χ1v) is 9.69. The molecule has 0 fully saturated rings. The van der Waals surface area contributed by atoms with Gasteiger partial charge in [-0.3, -0.25) is 4.57 Å². The zero-order chi connectivity index (χ0) is 12.7. The minimum atomic E-state index is -2.95. The fraction of sp³-hybridized carbons (Fsp3) is 1.00. The molecule has 5 nitrogen and oxygen atoms in total. The third-order valence-corrected chi connectivity index (χ3v) is 7.56. The van der Waals surface area contributed by atoms with Crippen LogP contribution in [0.3, 0.4) is 0 Å². The summed E-state index contributed by atoms with van der Waals surface area (Å²) in [5.74, 6) is 0. The van der Waals surface area contributed by atoms with Crippen LogP contribution in [-0.2, 0) is 22.5 Å². The minimum Gasteiger partial charge on any atom is -0.395 e. The molecule has 0 aliphatic carbocycles. The second-order valence-electron chi connectivity index (χ2n) is 3.45. The van der Waals surface area contributed by atoms with Crippen LogP contribution in [0.15, 0.2) is 0 Å². The summed E-state index contributed by atoms with van der Waals surface area (Å²) in [5.41, 5.74) is 0. The van der Waals surface area contributed by atoms with Crippen LogP contribution in [0, 0.1) is 0 Å². The van der Waals surface area contributed by atoms with Gasteiger partial charge in [0, 0.05) is 33.5 Å². The third kappa shape index (κ3) is 5.57. The molecule has 0 saturated carbocycles. The highest BCUT2D eigenvalue weighted by Gasteiger charge is 2.35. The van der Waals surface area contributed by atoms with Crippen LogP contribution in [0.5, 0.6) is 0 Å². The molecule has 0 saturated heterocycles. The number of rotatable bonds is 9. The molecule has 0 amide bonds. The Kier molecular flexibility index (Phi) is 7.72. The summed E-state index contributed by atoms with van der Waals surface area (Å²) in [4.78, 5) is 0. The zero-order valence-corrected chi connectivity index (χ0v) is 12.7. The monoisotopic (exact) mass is 270 g/mol. The highest BCUT2D eigenvalue weighted by Crippen LogP contribution is 2.47. The molecule has 0 N–H and O–H groups in total. The molecule has 0 unspecified atom stereocenters. The van der Waals surface area contributed by atoms with E-state index in [2.05, 4.69) is 0 Å². The van der Waals surface area contributed by atoms with Crippen molar-refractivity contribution in [3.63, 3.8) is 0 Å². The predicted octanol–water partition coefficient (Wildman–Crippen LogP) is 2.62. The molecule has 0 aromatic heterocycles. The van der Waals surface area contributed by atoms with Crippen molar-refractivity contribution >= 4 is 16.2 Å². The highest BCUT2D eigenvalue weighted by atomic mass is 31.2. The lowest BCUT2D eigenvalue weighted by atomic mass is 10.9. The molecule has 16 heavy (non-hydrogen) atoms. The van der Waals surface area contributed by atoms with E-state index in [0.717, 1.165) is 0 Å². The van der Waals surface area contributed by atoms with Crippen LogP contribution in [-0.4, -0.2) is 42.2 Å². The standard InChI is InChI=1S/C9H23O5PSi/c1-6-13-16(5,14-7-2)9-8-15(10,11-3)12-4/h6-9H2,1-5H3. The van der Waals surface area contributed by atoms with Gasteiger partial charge in [-0.1, -0.05) is 0 Å². The Morgan fingerprint density at radius 1 is 1.06 bits per heavy atom. The van der Waals surface area contributed by atoms with Gasteiger partial charge < -0.3 is 17.9 Å². The van der Waals surface area contributed by atoms with E-state index in [1.807, 2.05) is 20.4 Å². The van der Waals surface area contributed by atoms with Gasteiger partial charge in [0.25, 0.3) is 0 Å². The molecule has 7 heteroatoms. The van der Waals surface area contributed by atoms with Crippen molar-refractivity contribution < 1.29 is 22.5 Å². The minimum absolute atomic E-state index is 0.336. The molecule has 0 radical (unpaired) electrons. The highest BCUT2D eigenvalue weighted by molar-refractivity contribution is 7.53. The summed E-state index contributed by atoms with van der Waals surface area (Å²) in [6.07, 6.45) is 0.336. The molecular formula is C9H23O5PSi. The van der Waals surface area contributed by atoms with Crippen molar-refractivity contribution in [2.45, 2.75) is 26.4 Å². The lowest BCUT2D eigenvalue weighted by Crippen LogP contribution is -2.39. The van der Waals surface area contributed by atoms with E-state index < -0.39 is 16.2 Å². The molecule has 0 spiro atoms. The smallest absolute Gasteiger partial charge is 0.335 e. The van der Waals surface area contributed by atoms with Crippen LogP contribution >= 0.6 is 7.60 Å². The number of hydrogen-bond acceptors (Lipinski definition) is 5. The largest absolute Gasteiger partial charge is 0.395 e. The van der Waals surface area contributed by atoms with Gasteiger partial charge >= 0.3 is 16.2 Å². The maximum atomic E-state index is 11.9. The van der Waals surface area contributed by atoms with Crippen molar-refractivity contribution in [2.24, 2.45) is 0 Å². The Morgan fingerprint density at radius 2 is 1.50 bits per heavy atom. The van der Waals surface area contributed by atoms with E-state index in [1.165, 1.54) is 14.2 Å². The molecule has 0 rings (SSSR count). The van der Waals surface area contributed by atoms with E-state index in [9.17, 15) is 4.57 Å². The molecule has 0 aliphatic rings. The van der Waals surface area contributed by atoms with E-state index >= 15 is 0 Å². The van der Waals surface area contributed by atoms with Gasteiger partial charge in [-0.15, -0.1) is 0 Å². The van der Waals surface area contributed by atoms with Gasteiger partial charge in [0.1, 0.15) is 0 Å². The summed E-state index contributed by atoms with van der Waals surface area (Å²) >= 11 is 0. The Bertz CT molecular complexity index is 222. The van der Waals surface area contributed by atoms with Crippen molar-refractivity contribution in [3.05, 3.63) is 0 Å². The van der Waals surface area contributed by atoms with E-state index in [4.69, 9.17) is 17.9 Å². The van der Waals surface area contributed by atoms with E-state index in [-0.39, 0.29) is 0 Å². The molecule has 0 heterocycles. The van der Waals surface area contributed by atoms with Crippen LogP contribution in [0.2, 0.25) is 12.6 Å². The fourth-order valence-electron chi connectivity index (χ4n) is 1.39. The normalized spacial score (nSPS) is 13.1.